The summed E-state index contributed by atoms with van der Waals surface area (Å²) < 4.78 is 49.8. The van der Waals surface area contributed by atoms with Crippen molar-refractivity contribution < 1.29 is 16.8 Å². The standard InChI is InChI=1S/C12H6Cl4O4S2/c13-7-1-3-9(15)11(5-7)21(17,18)22(19,20)12-6-8(14)2-4-10(12)16/h1-6H. The van der Waals surface area contributed by atoms with Crippen molar-refractivity contribution in [2.24, 2.45) is 0 Å². The molecule has 0 radical (unpaired) electrons. The first-order valence-electron chi connectivity index (χ1n) is 5.47. The van der Waals surface area contributed by atoms with Crippen molar-refractivity contribution in [3.8, 4) is 0 Å². The summed E-state index contributed by atoms with van der Waals surface area (Å²) in [5.74, 6) is 0. The molecule has 10 heteroatoms. The van der Waals surface area contributed by atoms with Crippen LogP contribution in [0.5, 0.6) is 0 Å². The van der Waals surface area contributed by atoms with E-state index in [0.717, 1.165) is 12.1 Å². The molecule has 0 saturated heterocycles. The van der Waals surface area contributed by atoms with E-state index in [4.69, 9.17) is 46.4 Å². The molecule has 2 aromatic carbocycles. The summed E-state index contributed by atoms with van der Waals surface area (Å²) in [7, 11) is -9.74. The Bertz CT molecular complexity index is 874. The van der Waals surface area contributed by atoms with Crippen molar-refractivity contribution >= 4 is 64.1 Å². The van der Waals surface area contributed by atoms with E-state index in [1.165, 1.54) is 24.3 Å². The fraction of sp³-hybridized carbons (Fsp3) is 0. The number of hydrogen-bond donors (Lipinski definition) is 0. The molecule has 0 amide bonds. The SMILES string of the molecule is O=S(=O)(c1cc(Cl)ccc1Cl)S(=O)(=O)c1cc(Cl)ccc1Cl. The highest BCUT2D eigenvalue weighted by molar-refractivity contribution is 8.67. The van der Waals surface area contributed by atoms with Crippen molar-refractivity contribution in [2.45, 2.75) is 9.79 Å². The van der Waals surface area contributed by atoms with Gasteiger partial charge in [-0.05, 0) is 36.4 Å². The molecule has 0 fully saturated rings. The number of rotatable bonds is 3. The lowest BCUT2D eigenvalue weighted by molar-refractivity contribution is 0.582. The van der Waals surface area contributed by atoms with E-state index in [-0.39, 0.29) is 20.1 Å². The third-order valence-corrected chi connectivity index (χ3v) is 9.11. The Labute approximate surface area is 146 Å². The van der Waals surface area contributed by atoms with E-state index < -0.39 is 27.5 Å². The van der Waals surface area contributed by atoms with Crippen LogP contribution < -0.4 is 0 Å². The van der Waals surface area contributed by atoms with E-state index in [1.54, 1.807) is 0 Å². The van der Waals surface area contributed by atoms with Crippen molar-refractivity contribution in [3.63, 3.8) is 0 Å². The van der Waals surface area contributed by atoms with Crippen LogP contribution >= 0.6 is 46.4 Å². The zero-order valence-corrected chi connectivity index (χ0v) is 15.1. The fourth-order valence-electron chi connectivity index (χ4n) is 1.57. The van der Waals surface area contributed by atoms with Gasteiger partial charge < -0.3 is 0 Å². The maximum atomic E-state index is 12.5. The van der Waals surface area contributed by atoms with E-state index in [0.29, 0.717) is 0 Å². The summed E-state index contributed by atoms with van der Waals surface area (Å²) in [6.07, 6.45) is 0. The van der Waals surface area contributed by atoms with Crippen LogP contribution in [-0.4, -0.2) is 16.8 Å². The Morgan fingerprint density at radius 1 is 0.591 bits per heavy atom. The van der Waals surface area contributed by atoms with Crippen molar-refractivity contribution in [3.05, 3.63) is 56.5 Å². The molecule has 0 saturated carbocycles. The highest BCUT2D eigenvalue weighted by Gasteiger charge is 2.37. The molecule has 0 aliphatic heterocycles. The smallest absolute Gasteiger partial charge is 0.207 e. The lowest BCUT2D eigenvalue weighted by atomic mass is 10.4. The highest BCUT2D eigenvalue weighted by atomic mass is 35.5. The summed E-state index contributed by atoms with van der Waals surface area (Å²) in [4.78, 5) is -1.25. The molecule has 22 heavy (non-hydrogen) atoms. The maximum Gasteiger partial charge on any atom is 0.287 e. The van der Waals surface area contributed by atoms with Gasteiger partial charge in [-0.25, -0.2) is 16.8 Å². The van der Waals surface area contributed by atoms with Gasteiger partial charge in [0.1, 0.15) is 9.79 Å². The average Bonchev–Trinajstić information content (AvgIpc) is 2.43. The lowest BCUT2D eigenvalue weighted by Crippen LogP contribution is -2.17. The van der Waals surface area contributed by atoms with E-state index >= 15 is 0 Å². The van der Waals surface area contributed by atoms with E-state index in [2.05, 4.69) is 0 Å². The molecule has 2 rings (SSSR count). The Balaban J connectivity index is 2.77. The fourth-order valence-corrected chi connectivity index (χ4v) is 7.04. The summed E-state index contributed by atoms with van der Waals surface area (Å²) in [5.41, 5.74) is 0. The molecule has 4 nitrogen and oxygen atoms in total. The lowest BCUT2D eigenvalue weighted by Gasteiger charge is -2.10. The minimum atomic E-state index is -4.87. The molecule has 0 spiro atoms. The second kappa shape index (κ2) is 6.19. The first-order chi connectivity index (χ1) is 10.1. The van der Waals surface area contributed by atoms with E-state index in [1.807, 2.05) is 0 Å². The Hall–Kier alpha value is -0.500. The van der Waals surface area contributed by atoms with Crippen LogP contribution in [0, 0.1) is 0 Å². The molecular weight excluding hydrogens is 414 g/mol. The summed E-state index contributed by atoms with van der Waals surface area (Å²) in [6.45, 7) is 0. The molecule has 0 bridgehead atoms. The molecule has 0 unspecified atom stereocenters. The van der Waals surface area contributed by atoms with Gasteiger partial charge in [0.05, 0.1) is 10.0 Å². The van der Waals surface area contributed by atoms with Gasteiger partial charge in [0.2, 0.25) is 0 Å². The maximum absolute atomic E-state index is 12.5. The zero-order chi connectivity index (χ0) is 16.7. The topological polar surface area (TPSA) is 68.3 Å². The van der Waals surface area contributed by atoms with Crippen molar-refractivity contribution in [2.75, 3.05) is 0 Å². The summed E-state index contributed by atoms with van der Waals surface area (Å²) >= 11 is 23.0. The monoisotopic (exact) mass is 418 g/mol. The zero-order valence-electron chi connectivity index (χ0n) is 10.4. The van der Waals surface area contributed by atoms with Crippen LogP contribution in [0.3, 0.4) is 0 Å². The molecule has 118 valence electrons. The number of halogens is 4. The average molecular weight is 420 g/mol. The predicted molar refractivity (Wildman–Crippen MR) is 87.3 cm³/mol. The van der Waals surface area contributed by atoms with Gasteiger partial charge in [-0.15, -0.1) is 0 Å². The van der Waals surface area contributed by atoms with Crippen LogP contribution in [0.4, 0.5) is 0 Å². The predicted octanol–water partition coefficient (Wildman–Crippen LogP) is 4.46. The van der Waals surface area contributed by atoms with Gasteiger partial charge in [0.15, 0.2) is 0 Å². The van der Waals surface area contributed by atoms with Gasteiger partial charge in [0, 0.05) is 10.0 Å². The molecule has 0 aliphatic carbocycles. The Kier molecular flexibility index (Phi) is 5.02. The Morgan fingerprint density at radius 2 is 0.909 bits per heavy atom. The minimum absolute atomic E-state index is 0.0235. The molecule has 0 aliphatic rings. The molecule has 0 heterocycles. The molecule has 0 atom stereocenters. The normalized spacial score (nSPS) is 12.4. The van der Waals surface area contributed by atoms with Crippen LogP contribution in [0.1, 0.15) is 0 Å². The quantitative estimate of drug-likeness (QED) is 0.688. The van der Waals surface area contributed by atoms with Crippen LogP contribution in [0.15, 0.2) is 46.2 Å². The molecular formula is C12H6Cl4O4S2. The first-order valence-corrected chi connectivity index (χ1v) is 10.5. The molecule has 2 aromatic rings. The van der Waals surface area contributed by atoms with Crippen LogP contribution in [0.25, 0.3) is 0 Å². The van der Waals surface area contributed by atoms with Crippen molar-refractivity contribution in [1.29, 1.82) is 0 Å². The second-order valence-electron chi connectivity index (χ2n) is 4.06. The summed E-state index contributed by atoms with van der Waals surface area (Å²) in [5, 5.41) is -0.497. The summed E-state index contributed by atoms with van der Waals surface area (Å²) in [6, 6.07) is 6.95. The van der Waals surface area contributed by atoms with Crippen LogP contribution in [-0.2, 0) is 17.7 Å². The van der Waals surface area contributed by atoms with Crippen LogP contribution in [0.2, 0.25) is 20.1 Å². The van der Waals surface area contributed by atoms with Gasteiger partial charge in [-0.1, -0.05) is 46.4 Å². The third-order valence-electron chi connectivity index (χ3n) is 2.61. The van der Waals surface area contributed by atoms with Gasteiger partial charge in [-0.3, -0.25) is 0 Å². The minimum Gasteiger partial charge on any atom is -0.207 e. The Morgan fingerprint density at radius 3 is 1.23 bits per heavy atom. The van der Waals surface area contributed by atoms with E-state index in [9.17, 15) is 16.8 Å². The largest absolute Gasteiger partial charge is 0.287 e. The van der Waals surface area contributed by atoms with Crippen molar-refractivity contribution in [1.82, 2.24) is 0 Å². The van der Waals surface area contributed by atoms with Gasteiger partial charge in [-0.2, -0.15) is 0 Å². The highest BCUT2D eigenvalue weighted by Crippen LogP contribution is 2.35. The van der Waals surface area contributed by atoms with Gasteiger partial charge >= 0.3 is 0 Å². The third kappa shape index (κ3) is 3.09. The number of hydrogen-bond acceptors (Lipinski definition) is 4. The molecule has 0 aromatic heterocycles. The second-order valence-corrected chi connectivity index (χ2v) is 11.1. The molecule has 0 N–H and O–H groups in total. The first kappa shape index (κ1) is 17.8. The number of benzene rings is 2. The van der Waals surface area contributed by atoms with Gasteiger partial charge in [0.25, 0.3) is 17.7 Å².